The standard InChI is InChI=1S/C9H18N3.3Li/c1-4-10-6-2-8-12-9-3-7-11-5-1;;;/h10-11H,1-8H2;;;/q-1;;;+1. The number of rotatable bonds is 0. The van der Waals surface area contributed by atoms with Crippen molar-refractivity contribution in [3.05, 3.63) is 5.32 Å². The van der Waals surface area contributed by atoms with Crippen LogP contribution in [0.1, 0.15) is 19.3 Å². The molecule has 0 atom stereocenters. The van der Waals surface area contributed by atoms with E-state index in [9.17, 15) is 0 Å². The van der Waals surface area contributed by atoms with Gasteiger partial charge in [0.1, 0.15) is 0 Å². The quantitative estimate of drug-likeness (QED) is 0.392. The fourth-order valence-corrected chi connectivity index (χ4v) is 1.65. The van der Waals surface area contributed by atoms with Crippen LogP contribution >= 0.6 is 0 Å². The van der Waals surface area contributed by atoms with Gasteiger partial charge in [-0.1, -0.05) is 0 Å². The van der Waals surface area contributed by atoms with Crippen molar-refractivity contribution in [3.63, 3.8) is 0 Å². The summed E-state index contributed by atoms with van der Waals surface area (Å²) in [4.78, 5) is 0. The monoisotopic (exact) mass is 189 g/mol. The van der Waals surface area contributed by atoms with Gasteiger partial charge in [-0.15, -0.1) is 0 Å². The summed E-state index contributed by atoms with van der Waals surface area (Å²) in [6, 6.07) is 0. The zero-order valence-electron chi connectivity index (χ0n) is 10.6. The second-order valence-electron chi connectivity index (χ2n) is 4.65. The first kappa shape index (κ1) is 16.7. The zero-order chi connectivity index (χ0) is 10.3. The van der Waals surface area contributed by atoms with E-state index in [4.69, 9.17) is 5.32 Å². The molecule has 0 aromatic carbocycles. The van der Waals surface area contributed by atoms with E-state index in [1.165, 1.54) is 12.8 Å². The van der Waals surface area contributed by atoms with Crippen LogP contribution in [-0.4, -0.2) is 71.0 Å². The van der Waals surface area contributed by atoms with E-state index in [-0.39, 0.29) is 21.7 Å². The Labute approximate surface area is 124 Å². The molecule has 0 unspecified atom stereocenters. The third-order valence-electron chi connectivity index (χ3n) is 2.67. The number of hydrogen-bond acceptors (Lipinski definition) is 2. The molecule has 0 radical (unpaired) electrons. The Kier molecular flexibility index (Phi) is 10.8. The molecule has 0 amide bonds. The minimum atomic E-state index is 0. The van der Waals surface area contributed by atoms with Gasteiger partial charge in [0.25, 0.3) is 0 Å². The molecule has 0 bridgehead atoms. The van der Waals surface area contributed by atoms with E-state index >= 15 is 0 Å². The van der Waals surface area contributed by atoms with Gasteiger partial charge in [-0.05, 0) is 0 Å². The van der Waals surface area contributed by atoms with Crippen molar-refractivity contribution in [1.82, 2.24) is 10.6 Å². The molecule has 2 N–H and O–H groups in total. The van der Waals surface area contributed by atoms with Gasteiger partial charge in [0.05, 0.1) is 0 Å². The Morgan fingerprint density at radius 2 is 1.53 bits per heavy atom. The van der Waals surface area contributed by atoms with Crippen LogP contribution in [-0.2, 0) is 0 Å². The van der Waals surface area contributed by atoms with Crippen LogP contribution in [0.25, 0.3) is 5.32 Å². The topological polar surface area (TPSA) is 38.2 Å². The van der Waals surface area contributed by atoms with E-state index in [2.05, 4.69) is 46.1 Å². The van der Waals surface area contributed by atoms with Gasteiger partial charge in [-0.2, -0.15) is 0 Å². The van der Waals surface area contributed by atoms with Gasteiger partial charge >= 0.3 is 125 Å². The molecule has 72 valence electrons. The first-order valence-electron chi connectivity index (χ1n) is 5.81. The maximum absolute atomic E-state index is 4.71. The van der Waals surface area contributed by atoms with Crippen LogP contribution in [0.15, 0.2) is 0 Å². The summed E-state index contributed by atoms with van der Waals surface area (Å²) in [6.45, 7) is 5.47. The number of hydrogen-bond donors (Lipinski definition) is 2. The Morgan fingerprint density at radius 1 is 0.933 bits per heavy atom. The molecule has 0 spiro atoms. The summed E-state index contributed by atoms with van der Waals surface area (Å²) < 4.78 is 0.159. The molecule has 1 heterocycles. The molecule has 0 aromatic rings. The van der Waals surface area contributed by atoms with Crippen molar-refractivity contribution in [2.24, 2.45) is 0 Å². The average Bonchev–Trinajstić information content (AvgIpc) is 2.11. The van der Waals surface area contributed by atoms with Crippen molar-refractivity contribution in [2.75, 3.05) is 32.7 Å². The van der Waals surface area contributed by atoms with E-state index in [0.29, 0.717) is 0 Å². The molecule has 1 fully saturated rings. The van der Waals surface area contributed by atoms with Crippen LogP contribution in [0.2, 0.25) is 0 Å². The molecule has 0 aliphatic carbocycles. The Balaban J connectivity index is 0.00000196. The first-order valence-corrected chi connectivity index (χ1v) is 5.81. The summed E-state index contributed by atoms with van der Waals surface area (Å²) in [5.41, 5.74) is 0. The Morgan fingerprint density at radius 3 is 2.27 bits per heavy atom. The summed E-state index contributed by atoms with van der Waals surface area (Å²) in [6.07, 6.45) is 3.56. The molecular weight excluding hydrogens is 171 g/mol. The van der Waals surface area contributed by atoms with E-state index in [1.807, 2.05) is 0 Å². The fourth-order valence-electron chi connectivity index (χ4n) is 1.65. The maximum atomic E-state index is 4.71. The van der Waals surface area contributed by atoms with Crippen molar-refractivity contribution in [2.45, 2.75) is 22.1 Å². The second-order valence-corrected chi connectivity index (χ2v) is 4.65. The SMILES string of the molecule is [Li+].[Li][C]1([Li])CCNCCCNCCC[N-]1. The molecule has 3 nitrogen and oxygen atoms in total. The minimum absolute atomic E-state index is 0. The summed E-state index contributed by atoms with van der Waals surface area (Å²) >= 11 is 4.46. The van der Waals surface area contributed by atoms with Crippen molar-refractivity contribution in [3.8, 4) is 0 Å². The molecule has 0 saturated carbocycles. The molecule has 1 aliphatic rings. The van der Waals surface area contributed by atoms with Gasteiger partial charge < -0.3 is 0 Å². The molecule has 15 heavy (non-hydrogen) atoms. The van der Waals surface area contributed by atoms with Crippen LogP contribution in [0, 0.1) is 0 Å². The van der Waals surface area contributed by atoms with Gasteiger partial charge in [-0.3, -0.25) is 0 Å². The molecule has 1 aliphatic heterocycles. The molecule has 1 saturated heterocycles. The third-order valence-corrected chi connectivity index (χ3v) is 2.67. The van der Waals surface area contributed by atoms with Gasteiger partial charge in [0.2, 0.25) is 0 Å². The van der Waals surface area contributed by atoms with Crippen molar-refractivity contribution in [1.29, 1.82) is 0 Å². The second kappa shape index (κ2) is 9.68. The normalized spacial score (nSPS) is 24.5. The van der Waals surface area contributed by atoms with E-state index in [1.54, 1.807) is 0 Å². The van der Waals surface area contributed by atoms with Gasteiger partial charge in [0.15, 0.2) is 0 Å². The number of nitrogens with one attached hydrogen (secondary N) is 2. The van der Waals surface area contributed by atoms with E-state index < -0.39 is 0 Å². The fraction of sp³-hybridized carbons (Fsp3) is 1.00. The average molecular weight is 189 g/mol. The summed E-state index contributed by atoms with van der Waals surface area (Å²) in [7, 11) is 0. The predicted octanol–water partition coefficient (Wildman–Crippen LogP) is -3.28. The van der Waals surface area contributed by atoms with E-state index in [0.717, 1.165) is 39.1 Å². The van der Waals surface area contributed by atoms with Gasteiger partial charge in [-0.25, -0.2) is 0 Å². The van der Waals surface area contributed by atoms with Crippen LogP contribution < -0.4 is 29.5 Å². The predicted molar refractivity (Wildman–Crippen MR) is 62.1 cm³/mol. The first-order chi connectivity index (χ1) is 6.71. The van der Waals surface area contributed by atoms with Crippen LogP contribution in [0.5, 0.6) is 0 Å². The molecule has 6 heteroatoms. The van der Waals surface area contributed by atoms with Crippen LogP contribution in [0.4, 0.5) is 0 Å². The van der Waals surface area contributed by atoms with Gasteiger partial charge in [0, 0.05) is 0 Å². The number of nitrogens with zero attached hydrogens (tertiary/aromatic N) is 1. The third kappa shape index (κ3) is 9.38. The Bertz CT molecular complexity index is 142. The van der Waals surface area contributed by atoms with Crippen molar-refractivity contribution < 1.29 is 18.9 Å². The zero-order valence-corrected chi connectivity index (χ0v) is 10.6. The van der Waals surface area contributed by atoms with Crippen molar-refractivity contribution >= 4 is 35.4 Å². The summed E-state index contributed by atoms with van der Waals surface area (Å²) in [5.74, 6) is 0. The molecule has 0 aromatic heterocycles. The van der Waals surface area contributed by atoms with Crippen LogP contribution in [0.3, 0.4) is 0 Å². The molecular formula is C9H18Li3N3. The summed E-state index contributed by atoms with van der Waals surface area (Å²) in [5, 5.41) is 11.6. The Hall–Kier alpha value is 1.67. The molecule has 1 rings (SSSR count).